The highest BCUT2D eigenvalue weighted by Gasteiger charge is 2.04. The SMILES string of the molecule is C=CCNC(=O)c1ncn[nH]1. The second kappa shape index (κ2) is 3.50. The molecule has 1 aromatic heterocycles. The van der Waals surface area contributed by atoms with Gasteiger partial charge in [-0.3, -0.25) is 9.89 Å². The molecule has 5 nitrogen and oxygen atoms in total. The normalized spacial score (nSPS) is 9.09. The Morgan fingerprint density at radius 1 is 1.91 bits per heavy atom. The molecule has 0 radical (unpaired) electrons. The van der Waals surface area contributed by atoms with E-state index in [-0.39, 0.29) is 11.7 Å². The number of hydrogen-bond acceptors (Lipinski definition) is 3. The lowest BCUT2D eigenvalue weighted by molar-refractivity contribution is 0.0948. The molecule has 5 heteroatoms. The lowest BCUT2D eigenvalue weighted by Crippen LogP contribution is -2.24. The standard InChI is InChI=1S/C6H8N4O/c1-2-3-7-6(11)5-8-4-9-10-5/h2,4H,1,3H2,(H,7,11)(H,8,9,10). The molecular formula is C6H8N4O. The average molecular weight is 152 g/mol. The van der Waals surface area contributed by atoms with E-state index in [9.17, 15) is 4.79 Å². The van der Waals surface area contributed by atoms with Crippen LogP contribution in [0.2, 0.25) is 0 Å². The first-order valence-corrected chi connectivity index (χ1v) is 3.09. The van der Waals surface area contributed by atoms with E-state index in [2.05, 4.69) is 27.1 Å². The monoisotopic (exact) mass is 152 g/mol. The number of hydrogen-bond donors (Lipinski definition) is 2. The molecule has 0 aliphatic carbocycles. The molecular weight excluding hydrogens is 144 g/mol. The van der Waals surface area contributed by atoms with Crippen molar-refractivity contribution in [3.63, 3.8) is 0 Å². The maximum Gasteiger partial charge on any atom is 0.288 e. The van der Waals surface area contributed by atoms with Crippen LogP contribution in [0.15, 0.2) is 19.0 Å². The number of nitrogens with zero attached hydrogens (tertiary/aromatic N) is 2. The summed E-state index contributed by atoms with van der Waals surface area (Å²) in [6.45, 7) is 3.88. The number of nitrogens with one attached hydrogen (secondary N) is 2. The van der Waals surface area contributed by atoms with Gasteiger partial charge >= 0.3 is 0 Å². The van der Waals surface area contributed by atoms with Crippen LogP contribution in [-0.4, -0.2) is 27.6 Å². The van der Waals surface area contributed by atoms with Crippen LogP contribution in [0.1, 0.15) is 10.6 Å². The second-order valence-electron chi connectivity index (χ2n) is 1.83. The van der Waals surface area contributed by atoms with Gasteiger partial charge in [0.05, 0.1) is 0 Å². The molecule has 0 fully saturated rings. The van der Waals surface area contributed by atoms with Gasteiger partial charge in [0.1, 0.15) is 6.33 Å². The van der Waals surface area contributed by atoms with Gasteiger partial charge in [0.2, 0.25) is 5.82 Å². The van der Waals surface area contributed by atoms with Gasteiger partial charge in [-0.05, 0) is 0 Å². The maximum absolute atomic E-state index is 11.0. The number of rotatable bonds is 3. The maximum atomic E-state index is 11.0. The zero-order chi connectivity index (χ0) is 8.10. The molecule has 0 aliphatic heterocycles. The summed E-state index contributed by atoms with van der Waals surface area (Å²) in [5, 5.41) is 8.51. The number of amides is 1. The van der Waals surface area contributed by atoms with Crippen molar-refractivity contribution in [3.8, 4) is 0 Å². The van der Waals surface area contributed by atoms with Gasteiger partial charge in [0.25, 0.3) is 5.91 Å². The molecule has 58 valence electrons. The minimum absolute atomic E-state index is 0.215. The first-order valence-electron chi connectivity index (χ1n) is 3.09. The Kier molecular flexibility index (Phi) is 2.37. The summed E-state index contributed by atoms with van der Waals surface area (Å²) in [6.07, 6.45) is 2.87. The Bertz CT molecular complexity index is 241. The molecule has 0 unspecified atom stereocenters. The van der Waals surface area contributed by atoms with Crippen LogP contribution in [0, 0.1) is 0 Å². The van der Waals surface area contributed by atoms with Gasteiger partial charge in [0.15, 0.2) is 0 Å². The minimum Gasteiger partial charge on any atom is -0.346 e. The largest absolute Gasteiger partial charge is 0.346 e. The van der Waals surface area contributed by atoms with Crippen molar-refractivity contribution in [2.75, 3.05) is 6.54 Å². The van der Waals surface area contributed by atoms with Crippen molar-refractivity contribution >= 4 is 5.91 Å². The summed E-state index contributed by atoms with van der Waals surface area (Å²) in [7, 11) is 0. The second-order valence-corrected chi connectivity index (χ2v) is 1.83. The molecule has 0 spiro atoms. The molecule has 2 N–H and O–H groups in total. The van der Waals surface area contributed by atoms with E-state index >= 15 is 0 Å². The molecule has 1 aromatic rings. The number of aromatic amines is 1. The van der Waals surface area contributed by atoms with Crippen LogP contribution < -0.4 is 5.32 Å². The molecule has 11 heavy (non-hydrogen) atoms. The van der Waals surface area contributed by atoms with Crippen molar-refractivity contribution in [2.24, 2.45) is 0 Å². The number of carbonyl (C=O) groups is 1. The third kappa shape index (κ3) is 1.89. The highest BCUT2D eigenvalue weighted by molar-refractivity contribution is 5.90. The fourth-order valence-electron chi connectivity index (χ4n) is 0.563. The summed E-state index contributed by atoms with van der Waals surface area (Å²) in [4.78, 5) is 14.6. The van der Waals surface area contributed by atoms with E-state index in [1.54, 1.807) is 6.08 Å². The Balaban J connectivity index is 2.49. The molecule has 1 rings (SSSR count). The third-order valence-electron chi connectivity index (χ3n) is 1.04. The first-order chi connectivity index (χ1) is 5.34. The van der Waals surface area contributed by atoms with Crippen LogP contribution in [0.25, 0.3) is 0 Å². The molecule has 0 bridgehead atoms. The van der Waals surface area contributed by atoms with E-state index < -0.39 is 0 Å². The molecule has 0 atom stereocenters. The molecule has 1 amide bonds. The van der Waals surface area contributed by atoms with Crippen LogP contribution in [0.3, 0.4) is 0 Å². The van der Waals surface area contributed by atoms with Gasteiger partial charge in [-0.1, -0.05) is 6.08 Å². The summed E-state index contributed by atoms with van der Waals surface area (Å²) in [5.41, 5.74) is 0. The van der Waals surface area contributed by atoms with Crippen molar-refractivity contribution in [1.29, 1.82) is 0 Å². The van der Waals surface area contributed by atoms with E-state index in [4.69, 9.17) is 0 Å². The first kappa shape index (κ1) is 7.46. The lowest BCUT2D eigenvalue weighted by atomic mass is 10.5. The fraction of sp³-hybridized carbons (Fsp3) is 0.167. The summed E-state index contributed by atoms with van der Waals surface area (Å²) < 4.78 is 0. The summed E-state index contributed by atoms with van der Waals surface area (Å²) in [6, 6.07) is 0. The zero-order valence-corrected chi connectivity index (χ0v) is 5.87. The van der Waals surface area contributed by atoms with Gasteiger partial charge < -0.3 is 5.32 Å². The topological polar surface area (TPSA) is 70.7 Å². The molecule has 1 heterocycles. The Labute approximate surface area is 63.5 Å². The number of H-pyrrole nitrogens is 1. The van der Waals surface area contributed by atoms with Crippen LogP contribution in [-0.2, 0) is 0 Å². The molecule has 0 aromatic carbocycles. The highest BCUT2D eigenvalue weighted by Crippen LogP contribution is 1.83. The van der Waals surface area contributed by atoms with Crippen molar-refractivity contribution < 1.29 is 4.79 Å². The summed E-state index contributed by atoms with van der Waals surface area (Å²) >= 11 is 0. The Morgan fingerprint density at radius 2 is 2.73 bits per heavy atom. The van der Waals surface area contributed by atoms with Crippen molar-refractivity contribution in [1.82, 2.24) is 20.5 Å². The molecule has 0 saturated heterocycles. The van der Waals surface area contributed by atoms with E-state index in [1.165, 1.54) is 6.33 Å². The van der Waals surface area contributed by atoms with Crippen molar-refractivity contribution in [3.05, 3.63) is 24.8 Å². The fourth-order valence-corrected chi connectivity index (χ4v) is 0.563. The summed E-state index contributed by atoms with van der Waals surface area (Å²) in [5.74, 6) is -0.0609. The van der Waals surface area contributed by atoms with E-state index in [0.717, 1.165) is 0 Å². The minimum atomic E-state index is -0.276. The molecule has 0 saturated carbocycles. The smallest absolute Gasteiger partial charge is 0.288 e. The lowest BCUT2D eigenvalue weighted by Gasteiger charge is -1.95. The van der Waals surface area contributed by atoms with Crippen LogP contribution >= 0.6 is 0 Å². The quantitative estimate of drug-likeness (QED) is 0.585. The zero-order valence-electron chi connectivity index (χ0n) is 5.87. The Hall–Kier alpha value is -1.65. The van der Waals surface area contributed by atoms with Gasteiger partial charge in [-0.15, -0.1) is 6.58 Å². The van der Waals surface area contributed by atoms with E-state index in [1.807, 2.05) is 0 Å². The Morgan fingerprint density at radius 3 is 3.27 bits per heavy atom. The van der Waals surface area contributed by atoms with Gasteiger partial charge in [-0.2, -0.15) is 5.10 Å². The predicted molar refractivity (Wildman–Crippen MR) is 38.9 cm³/mol. The van der Waals surface area contributed by atoms with Crippen LogP contribution in [0.4, 0.5) is 0 Å². The van der Waals surface area contributed by atoms with Crippen molar-refractivity contribution in [2.45, 2.75) is 0 Å². The van der Waals surface area contributed by atoms with E-state index in [0.29, 0.717) is 6.54 Å². The van der Waals surface area contributed by atoms with Crippen LogP contribution in [0.5, 0.6) is 0 Å². The number of aromatic nitrogens is 3. The predicted octanol–water partition coefficient (Wildman–Crippen LogP) is -0.280. The average Bonchev–Trinajstić information content (AvgIpc) is 2.52. The highest BCUT2D eigenvalue weighted by atomic mass is 16.2. The molecule has 0 aliphatic rings. The van der Waals surface area contributed by atoms with Gasteiger partial charge in [-0.25, -0.2) is 4.98 Å². The van der Waals surface area contributed by atoms with Gasteiger partial charge in [0, 0.05) is 6.54 Å². The third-order valence-corrected chi connectivity index (χ3v) is 1.04. The number of carbonyl (C=O) groups excluding carboxylic acids is 1.